The molecule has 0 aromatic rings. The highest BCUT2D eigenvalue weighted by atomic mass is 16.5. The first kappa shape index (κ1) is 53.5. The second-order valence-electron chi connectivity index (χ2n) is 17.9. The third kappa shape index (κ3) is 49.5. The molecule has 0 N–H and O–H groups in total. The Labute approximate surface area is 343 Å². The number of ether oxygens (including phenoxy) is 1. The van der Waals surface area contributed by atoms with E-state index in [0.29, 0.717) is 13.0 Å². The van der Waals surface area contributed by atoms with Gasteiger partial charge in [0.05, 0.1) is 6.61 Å². The molecule has 0 saturated carbocycles. The summed E-state index contributed by atoms with van der Waals surface area (Å²) in [5, 5.41) is 0. The molecular formula is C52H104O2. The van der Waals surface area contributed by atoms with E-state index in [-0.39, 0.29) is 5.97 Å². The van der Waals surface area contributed by atoms with E-state index < -0.39 is 0 Å². The molecule has 0 aromatic carbocycles. The standard InChI is InChI=1S/C52H104O2/c1-3-5-7-9-11-13-15-17-18-19-20-21-22-23-24-25-26-27-28-29-30-31-32-33-34-35-36-37-38-39-40-42-44-46-48-50-52(53)54-51-49-47-45-43-41-16-14-12-10-8-6-4-2/h3-51H2,1-2H3. The SMILES string of the molecule is CCCCCCCCCCCCCCCCCCCCCCCCCCCCCCCCCCCCCC(=O)OCCCCCCCCCCCCCC. The van der Waals surface area contributed by atoms with Crippen molar-refractivity contribution in [3.05, 3.63) is 0 Å². The minimum atomic E-state index is 0.0316. The summed E-state index contributed by atoms with van der Waals surface area (Å²) >= 11 is 0. The lowest BCUT2D eigenvalue weighted by Crippen LogP contribution is -2.05. The van der Waals surface area contributed by atoms with Crippen molar-refractivity contribution in [1.82, 2.24) is 0 Å². The molecule has 0 unspecified atom stereocenters. The van der Waals surface area contributed by atoms with Crippen LogP contribution in [0.3, 0.4) is 0 Å². The highest BCUT2D eigenvalue weighted by Gasteiger charge is 2.03. The van der Waals surface area contributed by atoms with Crippen molar-refractivity contribution in [2.75, 3.05) is 6.61 Å². The summed E-state index contributed by atoms with van der Waals surface area (Å²) in [5.41, 5.74) is 0. The molecule has 0 aromatic heterocycles. The molecule has 0 bridgehead atoms. The number of unbranched alkanes of at least 4 members (excludes halogenated alkanes) is 45. The van der Waals surface area contributed by atoms with Gasteiger partial charge in [-0.15, -0.1) is 0 Å². The lowest BCUT2D eigenvalue weighted by molar-refractivity contribution is -0.143. The zero-order valence-corrected chi connectivity index (χ0v) is 38.0. The Bertz CT molecular complexity index is 659. The fraction of sp³-hybridized carbons (Fsp3) is 0.981. The summed E-state index contributed by atoms with van der Waals surface area (Å²) in [6, 6.07) is 0. The van der Waals surface area contributed by atoms with Gasteiger partial charge in [-0.2, -0.15) is 0 Å². The topological polar surface area (TPSA) is 26.3 Å². The van der Waals surface area contributed by atoms with Gasteiger partial charge in [0.25, 0.3) is 0 Å². The normalized spacial score (nSPS) is 11.5. The van der Waals surface area contributed by atoms with Crippen LogP contribution in [0.15, 0.2) is 0 Å². The second-order valence-corrected chi connectivity index (χ2v) is 17.9. The molecule has 0 amide bonds. The Morgan fingerprint density at radius 1 is 0.241 bits per heavy atom. The summed E-state index contributed by atoms with van der Waals surface area (Å²) in [6.07, 6.45) is 66.9. The summed E-state index contributed by atoms with van der Waals surface area (Å²) < 4.78 is 5.47. The minimum absolute atomic E-state index is 0.0316. The lowest BCUT2D eigenvalue weighted by Gasteiger charge is -2.06. The van der Waals surface area contributed by atoms with E-state index >= 15 is 0 Å². The zero-order chi connectivity index (χ0) is 38.9. The first-order valence-corrected chi connectivity index (χ1v) is 26.0. The van der Waals surface area contributed by atoms with Crippen LogP contribution in [0, 0.1) is 0 Å². The third-order valence-electron chi connectivity index (χ3n) is 12.2. The Morgan fingerprint density at radius 2 is 0.407 bits per heavy atom. The molecule has 0 rings (SSSR count). The van der Waals surface area contributed by atoms with Crippen LogP contribution in [-0.2, 0) is 9.53 Å². The minimum Gasteiger partial charge on any atom is -0.466 e. The van der Waals surface area contributed by atoms with Crippen molar-refractivity contribution >= 4 is 5.97 Å². The van der Waals surface area contributed by atoms with Gasteiger partial charge in [-0.25, -0.2) is 0 Å². The molecule has 0 heterocycles. The predicted molar refractivity (Wildman–Crippen MR) is 244 cm³/mol. The predicted octanol–water partition coefficient (Wildman–Crippen LogP) is 19.3. The van der Waals surface area contributed by atoms with Gasteiger partial charge in [0, 0.05) is 6.42 Å². The number of carbonyl (C=O) groups excluding carboxylic acids is 1. The molecule has 324 valence electrons. The third-order valence-corrected chi connectivity index (χ3v) is 12.2. The van der Waals surface area contributed by atoms with Gasteiger partial charge < -0.3 is 4.74 Å². The smallest absolute Gasteiger partial charge is 0.305 e. The van der Waals surface area contributed by atoms with Crippen LogP contribution in [0.2, 0.25) is 0 Å². The second kappa shape index (κ2) is 50.5. The van der Waals surface area contributed by atoms with E-state index in [0.717, 1.165) is 12.8 Å². The maximum atomic E-state index is 12.0. The van der Waals surface area contributed by atoms with Gasteiger partial charge >= 0.3 is 5.97 Å². The van der Waals surface area contributed by atoms with Gasteiger partial charge in [-0.3, -0.25) is 4.79 Å². The average Bonchev–Trinajstić information content (AvgIpc) is 3.18. The summed E-state index contributed by atoms with van der Waals surface area (Å²) in [6.45, 7) is 5.23. The molecule has 0 atom stereocenters. The number of hydrogen-bond donors (Lipinski definition) is 0. The Kier molecular flexibility index (Phi) is 50.0. The van der Waals surface area contributed by atoms with Crippen LogP contribution in [-0.4, -0.2) is 12.6 Å². The van der Waals surface area contributed by atoms with E-state index in [1.807, 2.05) is 0 Å². The highest BCUT2D eigenvalue weighted by molar-refractivity contribution is 5.69. The fourth-order valence-corrected chi connectivity index (χ4v) is 8.38. The highest BCUT2D eigenvalue weighted by Crippen LogP contribution is 2.18. The van der Waals surface area contributed by atoms with E-state index in [1.165, 1.54) is 289 Å². The number of carbonyl (C=O) groups is 1. The summed E-state index contributed by atoms with van der Waals surface area (Å²) in [7, 11) is 0. The summed E-state index contributed by atoms with van der Waals surface area (Å²) in [5.74, 6) is 0.0316. The Morgan fingerprint density at radius 3 is 0.611 bits per heavy atom. The fourth-order valence-electron chi connectivity index (χ4n) is 8.38. The largest absolute Gasteiger partial charge is 0.466 e. The maximum Gasteiger partial charge on any atom is 0.305 e. The van der Waals surface area contributed by atoms with Gasteiger partial charge in [0.2, 0.25) is 0 Å². The molecule has 54 heavy (non-hydrogen) atoms. The zero-order valence-electron chi connectivity index (χ0n) is 38.0. The van der Waals surface area contributed by atoms with Crippen molar-refractivity contribution in [3.8, 4) is 0 Å². The van der Waals surface area contributed by atoms with Crippen LogP contribution in [0.4, 0.5) is 0 Å². The molecule has 0 fully saturated rings. The van der Waals surface area contributed by atoms with Gasteiger partial charge in [0.15, 0.2) is 0 Å². The molecule has 2 heteroatoms. The van der Waals surface area contributed by atoms with Gasteiger partial charge in [-0.1, -0.05) is 303 Å². The van der Waals surface area contributed by atoms with Crippen molar-refractivity contribution in [1.29, 1.82) is 0 Å². The molecule has 0 spiro atoms. The maximum absolute atomic E-state index is 12.0. The van der Waals surface area contributed by atoms with Crippen molar-refractivity contribution in [2.24, 2.45) is 0 Å². The van der Waals surface area contributed by atoms with Crippen LogP contribution < -0.4 is 0 Å². The Balaban J connectivity index is 3.12. The van der Waals surface area contributed by atoms with Crippen LogP contribution in [0.5, 0.6) is 0 Å². The molecule has 0 aliphatic carbocycles. The van der Waals surface area contributed by atoms with E-state index in [1.54, 1.807) is 0 Å². The molecule has 0 aliphatic rings. The van der Waals surface area contributed by atoms with Crippen LogP contribution >= 0.6 is 0 Å². The van der Waals surface area contributed by atoms with Crippen molar-refractivity contribution < 1.29 is 9.53 Å². The first-order valence-electron chi connectivity index (χ1n) is 26.0. The van der Waals surface area contributed by atoms with Crippen LogP contribution in [0.25, 0.3) is 0 Å². The summed E-state index contributed by atoms with van der Waals surface area (Å²) in [4.78, 5) is 12.0. The van der Waals surface area contributed by atoms with Crippen molar-refractivity contribution in [3.63, 3.8) is 0 Å². The molecule has 2 nitrogen and oxygen atoms in total. The average molecular weight is 761 g/mol. The molecule has 0 aliphatic heterocycles. The molecule has 0 radical (unpaired) electrons. The monoisotopic (exact) mass is 761 g/mol. The Hall–Kier alpha value is -0.530. The van der Waals surface area contributed by atoms with E-state index in [9.17, 15) is 4.79 Å². The first-order chi connectivity index (χ1) is 26.8. The lowest BCUT2D eigenvalue weighted by atomic mass is 10.0. The van der Waals surface area contributed by atoms with Gasteiger partial charge in [-0.05, 0) is 12.8 Å². The van der Waals surface area contributed by atoms with Gasteiger partial charge in [0.1, 0.15) is 0 Å². The molecule has 0 saturated heterocycles. The van der Waals surface area contributed by atoms with Crippen LogP contribution in [0.1, 0.15) is 322 Å². The number of esters is 1. The number of hydrogen-bond acceptors (Lipinski definition) is 2. The molecular weight excluding hydrogens is 657 g/mol. The van der Waals surface area contributed by atoms with E-state index in [4.69, 9.17) is 4.74 Å². The van der Waals surface area contributed by atoms with E-state index in [2.05, 4.69) is 13.8 Å². The quantitative estimate of drug-likeness (QED) is 0.0456. The van der Waals surface area contributed by atoms with Crippen molar-refractivity contribution in [2.45, 2.75) is 322 Å². The number of rotatable bonds is 49.